The molecule has 9 heteroatoms. The number of thiophene rings is 1. The summed E-state index contributed by atoms with van der Waals surface area (Å²) in [4.78, 5) is 21.2. The van der Waals surface area contributed by atoms with Gasteiger partial charge in [0.25, 0.3) is 5.91 Å². The van der Waals surface area contributed by atoms with Crippen LogP contribution in [-0.4, -0.2) is 33.2 Å². The molecule has 2 atom stereocenters. The van der Waals surface area contributed by atoms with Crippen LogP contribution in [-0.2, 0) is 0 Å². The third-order valence-corrected chi connectivity index (χ3v) is 6.06. The maximum atomic E-state index is 13.8. The Morgan fingerprint density at radius 1 is 1.39 bits per heavy atom. The van der Waals surface area contributed by atoms with Crippen LogP contribution in [0, 0.1) is 12.7 Å². The number of nitrogens with zero attached hydrogens (tertiary/aromatic N) is 2. The molecular weight excluding hydrogens is 383 g/mol. The third kappa shape index (κ3) is 3.38. The van der Waals surface area contributed by atoms with Gasteiger partial charge >= 0.3 is 0 Å². The summed E-state index contributed by atoms with van der Waals surface area (Å²) in [6.45, 7) is 1.78. The first-order chi connectivity index (χ1) is 13.4. The number of aliphatic hydroxyl groups is 1. The monoisotopic (exact) mass is 402 g/mol. The highest BCUT2D eigenvalue weighted by Crippen LogP contribution is 2.37. The van der Waals surface area contributed by atoms with Gasteiger partial charge in [-0.25, -0.2) is 14.4 Å². The summed E-state index contributed by atoms with van der Waals surface area (Å²) in [5.41, 5.74) is 6.64. The van der Waals surface area contributed by atoms with Gasteiger partial charge in [0.1, 0.15) is 34.6 Å². The molecule has 0 aliphatic heterocycles. The van der Waals surface area contributed by atoms with Gasteiger partial charge in [0.05, 0.1) is 22.1 Å². The van der Waals surface area contributed by atoms with E-state index in [1.165, 1.54) is 29.8 Å². The maximum absolute atomic E-state index is 13.8. The minimum absolute atomic E-state index is 0.292. The van der Waals surface area contributed by atoms with E-state index < -0.39 is 17.8 Å². The lowest BCUT2D eigenvalue weighted by Crippen LogP contribution is -2.26. The fraction of sp³-hybridized carbons (Fsp3) is 0.316. The second kappa shape index (κ2) is 7.33. The Morgan fingerprint density at radius 2 is 2.21 bits per heavy atom. The first kappa shape index (κ1) is 18.6. The smallest absolute Gasteiger partial charge is 0.259 e. The quantitative estimate of drug-likeness (QED) is 0.604. The van der Waals surface area contributed by atoms with Crippen molar-refractivity contribution in [3.8, 4) is 5.75 Å². The molecular formula is C19H19FN4O3S. The molecule has 1 aliphatic rings. The summed E-state index contributed by atoms with van der Waals surface area (Å²) < 4.78 is 19.7. The zero-order chi connectivity index (χ0) is 19.8. The normalized spacial score (nSPS) is 19.1. The SMILES string of the molecule is Cc1c(C(N)=O)sc2ncnc(Nc3ccc(F)cc3O[C@@H]3CCC[C@@H]3O)c12. The second-order valence-electron chi connectivity index (χ2n) is 6.74. The van der Waals surface area contributed by atoms with Crippen molar-refractivity contribution in [2.24, 2.45) is 5.73 Å². The van der Waals surface area contributed by atoms with Crippen LogP contribution < -0.4 is 15.8 Å². The van der Waals surface area contributed by atoms with Crippen LogP contribution in [0.4, 0.5) is 15.9 Å². The van der Waals surface area contributed by atoms with E-state index in [-0.39, 0.29) is 6.10 Å². The van der Waals surface area contributed by atoms with Crippen LogP contribution in [0.3, 0.4) is 0 Å². The number of amides is 1. The number of primary amides is 1. The molecule has 3 aromatic rings. The molecule has 1 saturated carbocycles. The number of nitrogens with two attached hydrogens (primary N) is 1. The van der Waals surface area contributed by atoms with Gasteiger partial charge in [0, 0.05) is 6.07 Å². The third-order valence-electron chi connectivity index (χ3n) is 4.84. The molecule has 2 aromatic heterocycles. The molecule has 146 valence electrons. The van der Waals surface area contributed by atoms with Crippen molar-refractivity contribution < 1.29 is 19.0 Å². The number of aliphatic hydroxyl groups excluding tert-OH is 1. The lowest BCUT2D eigenvalue weighted by atomic mass is 10.2. The first-order valence-corrected chi connectivity index (χ1v) is 9.71. The Balaban J connectivity index is 1.72. The highest BCUT2D eigenvalue weighted by Gasteiger charge is 2.28. The number of ether oxygens (including phenoxy) is 1. The van der Waals surface area contributed by atoms with Crippen LogP contribution in [0.2, 0.25) is 0 Å². The summed E-state index contributed by atoms with van der Waals surface area (Å²) in [5.74, 6) is -0.202. The van der Waals surface area contributed by atoms with E-state index in [9.17, 15) is 14.3 Å². The highest BCUT2D eigenvalue weighted by atomic mass is 32.1. The van der Waals surface area contributed by atoms with Crippen molar-refractivity contribution in [2.75, 3.05) is 5.32 Å². The van der Waals surface area contributed by atoms with Gasteiger partial charge in [-0.1, -0.05) is 0 Å². The summed E-state index contributed by atoms with van der Waals surface area (Å²) in [5, 5.41) is 13.9. The Morgan fingerprint density at radius 3 is 2.93 bits per heavy atom. The molecule has 4 rings (SSSR count). The number of fused-ring (bicyclic) bond motifs is 1. The van der Waals surface area contributed by atoms with E-state index in [2.05, 4.69) is 15.3 Å². The number of halogens is 1. The van der Waals surface area contributed by atoms with Crippen LogP contribution in [0.25, 0.3) is 10.2 Å². The molecule has 2 heterocycles. The zero-order valence-corrected chi connectivity index (χ0v) is 15.9. The van der Waals surface area contributed by atoms with E-state index in [1.54, 1.807) is 13.0 Å². The number of nitrogens with one attached hydrogen (secondary N) is 1. The number of hydrogen-bond acceptors (Lipinski definition) is 7. The van der Waals surface area contributed by atoms with Crippen molar-refractivity contribution in [3.05, 3.63) is 40.8 Å². The summed E-state index contributed by atoms with van der Waals surface area (Å²) in [6.07, 6.45) is 2.67. The molecule has 0 radical (unpaired) electrons. The number of aromatic nitrogens is 2. The van der Waals surface area contributed by atoms with E-state index in [1.807, 2.05) is 0 Å². The largest absolute Gasteiger partial charge is 0.485 e. The topological polar surface area (TPSA) is 110 Å². The molecule has 1 aromatic carbocycles. The Hall–Kier alpha value is -2.78. The molecule has 7 nitrogen and oxygen atoms in total. The van der Waals surface area contributed by atoms with E-state index in [0.717, 1.165) is 6.42 Å². The Labute approximate surface area is 164 Å². The highest BCUT2D eigenvalue weighted by molar-refractivity contribution is 7.20. The van der Waals surface area contributed by atoms with Crippen LogP contribution in [0.1, 0.15) is 34.5 Å². The van der Waals surface area contributed by atoms with Gasteiger partial charge < -0.3 is 20.9 Å². The van der Waals surface area contributed by atoms with Crippen LogP contribution in [0.15, 0.2) is 24.5 Å². The summed E-state index contributed by atoms with van der Waals surface area (Å²) in [6, 6.07) is 4.14. The summed E-state index contributed by atoms with van der Waals surface area (Å²) >= 11 is 1.20. The Kier molecular flexibility index (Phi) is 4.86. The average Bonchev–Trinajstić information content (AvgIpc) is 3.21. The molecule has 1 aliphatic carbocycles. The van der Waals surface area contributed by atoms with Crippen molar-refractivity contribution in [1.29, 1.82) is 0 Å². The number of carbonyl (C=O) groups is 1. The van der Waals surface area contributed by atoms with Crippen molar-refractivity contribution in [1.82, 2.24) is 9.97 Å². The predicted octanol–water partition coefficient (Wildman–Crippen LogP) is 3.27. The molecule has 28 heavy (non-hydrogen) atoms. The molecule has 0 unspecified atom stereocenters. The van der Waals surface area contributed by atoms with Crippen molar-refractivity contribution >= 4 is 39.0 Å². The van der Waals surface area contributed by atoms with Gasteiger partial charge in [-0.2, -0.15) is 0 Å². The number of rotatable bonds is 5. The van der Waals surface area contributed by atoms with Gasteiger partial charge in [-0.3, -0.25) is 4.79 Å². The van der Waals surface area contributed by atoms with E-state index in [0.29, 0.717) is 50.8 Å². The number of benzene rings is 1. The molecule has 0 spiro atoms. The van der Waals surface area contributed by atoms with E-state index >= 15 is 0 Å². The molecule has 0 saturated heterocycles. The standard InChI is InChI=1S/C19H19FN4O3S/c1-9-15-18(22-8-23-19(15)28-16(9)17(21)26)24-11-6-5-10(20)7-14(11)27-13-4-2-3-12(13)25/h5-8,12-13,25H,2-4H2,1H3,(H2,21,26)(H,22,23,24)/t12-,13+/m0/s1. The van der Waals surface area contributed by atoms with Gasteiger partial charge in [-0.15, -0.1) is 11.3 Å². The zero-order valence-electron chi connectivity index (χ0n) is 15.1. The van der Waals surface area contributed by atoms with Crippen LogP contribution >= 0.6 is 11.3 Å². The van der Waals surface area contributed by atoms with Gasteiger partial charge in [0.15, 0.2) is 0 Å². The average molecular weight is 402 g/mol. The number of carbonyl (C=O) groups excluding carboxylic acids is 1. The number of anilines is 2. The lowest BCUT2D eigenvalue weighted by Gasteiger charge is -2.20. The van der Waals surface area contributed by atoms with Gasteiger partial charge in [-0.05, 0) is 43.9 Å². The Bertz CT molecular complexity index is 1060. The van der Waals surface area contributed by atoms with Crippen molar-refractivity contribution in [3.63, 3.8) is 0 Å². The molecule has 1 amide bonds. The minimum atomic E-state index is -0.570. The van der Waals surface area contributed by atoms with Gasteiger partial charge in [0.2, 0.25) is 0 Å². The molecule has 0 bridgehead atoms. The van der Waals surface area contributed by atoms with Crippen molar-refractivity contribution in [2.45, 2.75) is 38.4 Å². The molecule has 1 fully saturated rings. The first-order valence-electron chi connectivity index (χ1n) is 8.89. The second-order valence-corrected chi connectivity index (χ2v) is 7.74. The molecule has 4 N–H and O–H groups in total. The number of hydrogen-bond donors (Lipinski definition) is 3. The lowest BCUT2D eigenvalue weighted by molar-refractivity contribution is 0.0607. The maximum Gasteiger partial charge on any atom is 0.259 e. The van der Waals surface area contributed by atoms with E-state index in [4.69, 9.17) is 10.5 Å². The fourth-order valence-corrected chi connectivity index (χ4v) is 4.43. The fourth-order valence-electron chi connectivity index (χ4n) is 3.43. The number of aryl methyl sites for hydroxylation is 1. The summed E-state index contributed by atoms with van der Waals surface area (Å²) in [7, 11) is 0. The minimum Gasteiger partial charge on any atom is -0.485 e. The predicted molar refractivity (Wildman–Crippen MR) is 105 cm³/mol. The van der Waals surface area contributed by atoms with Crippen LogP contribution in [0.5, 0.6) is 5.75 Å².